The summed E-state index contributed by atoms with van der Waals surface area (Å²) in [6.45, 7) is 2.73. The smallest absolute Gasteiger partial charge is 0.0625 e. The van der Waals surface area contributed by atoms with E-state index in [-0.39, 0.29) is 0 Å². The van der Waals surface area contributed by atoms with Crippen molar-refractivity contribution in [2.45, 2.75) is 19.0 Å². The molecule has 94 valence electrons. The number of nitrogens with one attached hydrogen (secondary N) is 1. The van der Waals surface area contributed by atoms with Crippen LogP contribution in [0.25, 0.3) is 0 Å². The normalized spacial score (nSPS) is 17.4. The van der Waals surface area contributed by atoms with Crippen LogP contribution in [0.5, 0.6) is 0 Å². The molecule has 3 N–H and O–H groups in total. The van der Waals surface area contributed by atoms with E-state index in [1.165, 1.54) is 16.8 Å². The molecule has 0 saturated carbocycles. The lowest BCUT2D eigenvalue weighted by Crippen LogP contribution is -2.37. The molecule has 0 bridgehead atoms. The number of H-pyrrole nitrogens is 1. The number of aromatic nitrogens is 1. The molecule has 1 unspecified atom stereocenters. The molecule has 3 heteroatoms. The number of fused-ring (bicyclic) bond motifs is 1. The summed E-state index contributed by atoms with van der Waals surface area (Å²) in [4.78, 5) is 5.75. The Morgan fingerprint density at radius 3 is 2.72 bits per heavy atom. The summed E-state index contributed by atoms with van der Waals surface area (Å²) in [6.07, 6.45) is 3.09. The number of hydrogen-bond donors (Lipinski definition) is 2. The highest BCUT2D eigenvalue weighted by Gasteiger charge is 2.23. The Bertz CT molecular complexity index is 504. The maximum atomic E-state index is 5.95. The number of nitrogens with two attached hydrogens (primary N) is 1. The van der Waals surface area contributed by atoms with Crippen molar-refractivity contribution >= 4 is 0 Å². The van der Waals surface area contributed by atoms with Crippen molar-refractivity contribution in [2.24, 2.45) is 5.73 Å². The van der Waals surface area contributed by atoms with Crippen molar-refractivity contribution in [3.63, 3.8) is 0 Å². The lowest BCUT2D eigenvalue weighted by molar-refractivity contribution is 0.181. The second kappa shape index (κ2) is 4.96. The third-order valence-corrected chi connectivity index (χ3v) is 3.81. The first kappa shape index (κ1) is 11.5. The highest BCUT2D eigenvalue weighted by Crippen LogP contribution is 2.26. The van der Waals surface area contributed by atoms with Crippen LogP contribution in [-0.2, 0) is 13.0 Å². The van der Waals surface area contributed by atoms with Gasteiger partial charge >= 0.3 is 0 Å². The van der Waals surface area contributed by atoms with Crippen LogP contribution in [0.3, 0.4) is 0 Å². The molecule has 0 aliphatic carbocycles. The van der Waals surface area contributed by atoms with Gasteiger partial charge in [-0.3, -0.25) is 4.90 Å². The molecule has 18 heavy (non-hydrogen) atoms. The summed E-state index contributed by atoms with van der Waals surface area (Å²) in [5, 5.41) is 0. The minimum absolute atomic E-state index is 0.299. The van der Waals surface area contributed by atoms with Crippen molar-refractivity contribution in [3.05, 3.63) is 59.4 Å². The fourth-order valence-corrected chi connectivity index (χ4v) is 2.81. The van der Waals surface area contributed by atoms with Gasteiger partial charge in [-0.25, -0.2) is 0 Å². The Morgan fingerprint density at radius 2 is 2.00 bits per heavy atom. The minimum atomic E-state index is 0.299. The Hall–Kier alpha value is -1.58. The average molecular weight is 241 g/mol. The molecule has 2 aromatic rings. The van der Waals surface area contributed by atoms with Crippen molar-refractivity contribution in [3.8, 4) is 0 Å². The molecule has 0 fully saturated rings. The van der Waals surface area contributed by atoms with Crippen LogP contribution in [0.2, 0.25) is 0 Å². The summed E-state index contributed by atoms with van der Waals surface area (Å²) in [5.41, 5.74) is 10.1. The van der Waals surface area contributed by atoms with Crippen molar-refractivity contribution in [2.75, 3.05) is 13.1 Å². The zero-order valence-electron chi connectivity index (χ0n) is 10.5. The molecule has 0 amide bonds. The van der Waals surface area contributed by atoms with E-state index in [2.05, 4.69) is 40.2 Å². The second-order valence-corrected chi connectivity index (χ2v) is 4.87. The molecule has 2 heterocycles. The Morgan fingerprint density at radius 1 is 1.17 bits per heavy atom. The van der Waals surface area contributed by atoms with Crippen LogP contribution in [-0.4, -0.2) is 23.0 Å². The van der Waals surface area contributed by atoms with Gasteiger partial charge in [0, 0.05) is 31.5 Å². The number of hydrogen-bond acceptors (Lipinski definition) is 2. The van der Waals surface area contributed by atoms with E-state index >= 15 is 0 Å². The van der Waals surface area contributed by atoms with E-state index in [0.717, 1.165) is 19.5 Å². The third-order valence-electron chi connectivity index (χ3n) is 3.81. The van der Waals surface area contributed by atoms with Gasteiger partial charge in [0.2, 0.25) is 0 Å². The quantitative estimate of drug-likeness (QED) is 0.864. The Balaban J connectivity index is 1.82. The van der Waals surface area contributed by atoms with Crippen LogP contribution in [0.4, 0.5) is 0 Å². The molecule has 3 rings (SSSR count). The maximum Gasteiger partial charge on any atom is 0.0625 e. The summed E-state index contributed by atoms with van der Waals surface area (Å²) < 4.78 is 0. The molecule has 1 aromatic heterocycles. The first-order valence-electron chi connectivity index (χ1n) is 6.52. The highest BCUT2D eigenvalue weighted by molar-refractivity contribution is 5.29. The van der Waals surface area contributed by atoms with E-state index in [1.54, 1.807) is 0 Å². The highest BCUT2D eigenvalue weighted by atomic mass is 15.2. The predicted molar refractivity (Wildman–Crippen MR) is 73.1 cm³/mol. The average Bonchev–Trinajstić information content (AvgIpc) is 2.93. The zero-order chi connectivity index (χ0) is 12.4. The summed E-state index contributed by atoms with van der Waals surface area (Å²) >= 11 is 0. The molecule has 0 radical (unpaired) electrons. The van der Waals surface area contributed by atoms with Gasteiger partial charge in [0.05, 0.1) is 6.04 Å². The standard InChI is InChI=1S/C15H19N3/c16-10-15(14-6-3-8-17-14)18-9-7-12-4-1-2-5-13(12)11-18/h1-6,8,15,17H,7,9-11,16H2. The van der Waals surface area contributed by atoms with Gasteiger partial charge in [-0.2, -0.15) is 0 Å². The van der Waals surface area contributed by atoms with Gasteiger partial charge in [0.15, 0.2) is 0 Å². The first-order chi connectivity index (χ1) is 8.88. The van der Waals surface area contributed by atoms with Gasteiger partial charge in [0.1, 0.15) is 0 Å². The summed E-state index contributed by atoms with van der Waals surface area (Å²) in [5.74, 6) is 0. The predicted octanol–water partition coefficient (Wildman–Crippen LogP) is 2.07. The fourth-order valence-electron chi connectivity index (χ4n) is 2.81. The fraction of sp³-hybridized carbons (Fsp3) is 0.333. The van der Waals surface area contributed by atoms with Crippen molar-refractivity contribution in [1.82, 2.24) is 9.88 Å². The Kier molecular flexibility index (Phi) is 3.17. The van der Waals surface area contributed by atoms with Gasteiger partial charge < -0.3 is 10.7 Å². The van der Waals surface area contributed by atoms with E-state index in [4.69, 9.17) is 5.73 Å². The minimum Gasteiger partial charge on any atom is -0.364 e. The summed E-state index contributed by atoms with van der Waals surface area (Å²) in [7, 11) is 0. The SMILES string of the molecule is NCC(c1ccc[nH]1)N1CCc2ccccc2C1. The maximum absolute atomic E-state index is 5.95. The van der Waals surface area contributed by atoms with Crippen LogP contribution >= 0.6 is 0 Å². The molecule has 1 aromatic carbocycles. The molecular formula is C15H19N3. The van der Waals surface area contributed by atoms with E-state index < -0.39 is 0 Å². The molecule has 1 atom stereocenters. The first-order valence-corrected chi connectivity index (χ1v) is 6.52. The van der Waals surface area contributed by atoms with E-state index in [1.807, 2.05) is 12.3 Å². The third kappa shape index (κ3) is 2.07. The largest absolute Gasteiger partial charge is 0.364 e. The van der Waals surface area contributed by atoms with Gasteiger partial charge in [-0.05, 0) is 29.7 Å². The Labute approximate surface area is 108 Å². The topological polar surface area (TPSA) is 45.1 Å². The monoisotopic (exact) mass is 241 g/mol. The molecule has 1 aliphatic rings. The van der Waals surface area contributed by atoms with Crippen LogP contribution < -0.4 is 5.73 Å². The van der Waals surface area contributed by atoms with Crippen LogP contribution in [0.15, 0.2) is 42.6 Å². The second-order valence-electron chi connectivity index (χ2n) is 4.87. The van der Waals surface area contributed by atoms with E-state index in [0.29, 0.717) is 12.6 Å². The molecular weight excluding hydrogens is 222 g/mol. The molecule has 3 nitrogen and oxygen atoms in total. The molecule has 0 spiro atoms. The summed E-state index contributed by atoms with van der Waals surface area (Å²) in [6, 6.07) is 13.2. The zero-order valence-corrected chi connectivity index (χ0v) is 10.5. The molecule has 1 aliphatic heterocycles. The van der Waals surface area contributed by atoms with Crippen LogP contribution in [0, 0.1) is 0 Å². The molecule has 0 saturated heterocycles. The van der Waals surface area contributed by atoms with E-state index in [9.17, 15) is 0 Å². The van der Waals surface area contributed by atoms with Crippen molar-refractivity contribution in [1.29, 1.82) is 0 Å². The lowest BCUT2D eigenvalue weighted by Gasteiger charge is -2.34. The number of rotatable bonds is 3. The van der Waals surface area contributed by atoms with Gasteiger partial charge in [-0.1, -0.05) is 24.3 Å². The van der Waals surface area contributed by atoms with Gasteiger partial charge in [0.25, 0.3) is 0 Å². The van der Waals surface area contributed by atoms with Gasteiger partial charge in [-0.15, -0.1) is 0 Å². The number of nitrogens with zero attached hydrogens (tertiary/aromatic N) is 1. The number of benzene rings is 1. The number of aromatic amines is 1. The van der Waals surface area contributed by atoms with Crippen LogP contribution in [0.1, 0.15) is 22.9 Å². The lowest BCUT2D eigenvalue weighted by atomic mass is 9.98. The van der Waals surface area contributed by atoms with Crippen molar-refractivity contribution < 1.29 is 0 Å².